The van der Waals surface area contributed by atoms with Gasteiger partial charge in [0.2, 0.25) is 0 Å². The number of ether oxygens (including phenoxy) is 2. The largest absolute Gasteiger partial charge is 0.455 e. The molecule has 5 aromatic rings. The second kappa shape index (κ2) is 20.6. The van der Waals surface area contributed by atoms with E-state index in [1.165, 1.54) is 41.1 Å². The van der Waals surface area contributed by atoms with Gasteiger partial charge in [0, 0.05) is 91.3 Å². The van der Waals surface area contributed by atoms with Crippen LogP contribution < -0.4 is 25.4 Å². The van der Waals surface area contributed by atoms with Gasteiger partial charge in [0.25, 0.3) is 15.9 Å². The Kier molecular flexibility index (Phi) is 14.9. The molecule has 13 nitrogen and oxygen atoms in total. The summed E-state index contributed by atoms with van der Waals surface area (Å²) in [4.78, 5) is 27.4. The van der Waals surface area contributed by atoms with E-state index in [2.05, 4.69) is 53.8 Å². The van der Waals surface area contributed by atoms with Crippen molar-refractivity contribution in [3.8, 4) is 11.5 Å². The van der Waals surface area contributed by atoms with Crippen molar-refractivity contribution in [2.24, 2.45) is 11.1 Å². The molecule has 352 valence electrons. The monoisotopic (exact) mass is 966 g/mol. The summed E-state index contributed by atoms with van der Waals surface area (Å²) < 4.78 is 82.6. The number of halogens is 4. The molecule has 5 N–H and O–H groups in total. The number of morpholine rings is 1. The van der Waals surface area contributed by atoms with Gasteiger partial charge in [-0.25, -0.2) is 18.1 Å². The number of benzene rings is 3. The minimum absolute atomic E-state index is 0.0262. The molecular weight excluding hydrogens is 913 g/mol. The number of sulfonamides is 1. The Bertz CT molecular complexity index is 2650. The summed E-state index contributed by atoms with van der Waals surface area (Å²) in [6.07, 6.45) is 6.76. The second-order valence-electron chi connectivity index (χ2n) is 17.3. The number of H-pyrrole nitrogens is 1. The molecule has 1 unspecified atom stereocenters. The van der Waals surface area contributed by atoms with Crippen LogP contribution in [-0.2, 0) is 14.8 Å². The third-order valence-electron chi connectivity index (χ3n) is 12.5. The standard InChI is InChI=1S/C47H54ClF3N8O5S2/c1-46(31-52)13-11-39(32-3-5-35(48)6-4-32)34(28-46)30-58-17-19-59(20-18-58)36-7-9-40(42(26-36)64-37-25-33-12-15-54-44(33)55-29-37)45(60)56-66(61,62)38-8-10-41(43(27-38)65-47(49,50)51)53-14-2-16-57-21-23-63-24-22-57/h3-10,12,15,25-27,29,53H,2,11,13-14,16-24,28,30-31,52H2,1H3,(H,54,55)(H,56,60). The van der Waals surface area contributed by atoms with Gasteiger partial charge in [-0.15, -0.1) is 0 Å². The average Bonchev–Trinajstić information content (AvgIpc) is 3.77. The number of aromatic nitrogens is 2. The van der Waals surface area contributed by atoms with E-state index < -0.39 is 38.1 Å². The quantitative estimate of drug-likeness (QED) is 0.0553. The lowest BCUT2D eigenvalue weighted by Gasteiger charge is -2.40. The van der Waals surface area contributed by atoms with Crippen LogP contribution in [0.5, 0.6) is 11.5 Å². The third-order valence-corrected chi connectivity index (χ3v) is 14.9. The lowest BCUT2D eigenvalue weighted by Crippen LogP contribution is -2.47. The number of anilines is 2. The molecule has 19 heteroatoms. The van der Waals surface area contributed by atoms with Gasteiger partial charge in [-0.2, -0.15) is 13.2 Å². The molecule has 3 aliphatic rings. The summed E-state index contributed by atoms with van der Waals surface area (Å²) in [5.74, 6) is -0.635. The van der Waals surface area contributed by atoms with Crippen molar-refractivity contribution in [2.45, 2.75) is 47.9 Å². The van der Waals surface area contributed by atoms with Gasteiger partial charge in [-0.3, -0.25) is 14.6 Å². The fourth-order valence-electron chi connectivity index (χ4n) is 8.77. The molecule has 1 atom stereocenters. The van der Waals surface area contributed by atoms with Crippen LogP contribution in [0.1, 0.15) is 48.5 Å². The highest BCUT2D eigenvalue weighted by Crippen LogP contribution is 2.44. The van der Waals surface area contributed by atoms with Crippen molar-refractivity contribution < 1.29 is 35.9 Å². The highest BCUT2D eigenvalue weighted by molar-refractivity contribution is 8.00. The number of amides is 1. The van der Waals surface area contributed by atoms with Gasteiger partial charge in [0.05, 0.1) is 29.9 Å². The van der Waals surface area contributed by atoms with Crippen molar-refractivity contribution in [3.05, 3.63) is 107 Å². The molecular formula is C47H54ClF3N8O5S2. The first-order chi connectivity index (χ1) is 31.6. The van der Waals surface area contributed by atoms with Crippen molar-refractivity contribution in [2.75, 3.05) is 88.9 Å². The Morgan fingerprint density at radius 1 is 1.00 bits per heavy atom. The van der Waals surface area contributed by atoms with Crippen molar-refractivity contribution in [3.63, 3.8) is 0 Å². The number of aromatic amines is 1. The Hall–Kier alpha value is -4.82. The molecule has 8 rings (SSSR count). The summed E-state index contributed by atoms with van der Waals surface area (Å²) in [6.45, 7) is 10.5. The zero-order chi connectivity index (χ0) is 46.5. The Balaban J connectivity index is 0.994. The fourth-order valence-corrected chi connectivity index (χ4v) is 10.6. The Morgan fingerprint density at radius 3 is 2.52 bits per heavy atom. The normalized spacial score (nSPS) is 19.0. The second-order valence-corrected chi connectivity index (χ2v) is 20.5. The van der Waals surface area contributed by atoms with E-state index in [4.69, 9.17) is 26.8 Å². The number of nitrogens with zero attached hydrogens (tertiary/aromatic N) is 4. The SMILES string of the molecule is CC1(CN)CCC(c2ccc(Cl)cc2)=C(CN2CCN(c3ccc(C(=O)NS(=O)(=O)c4ccc(NCCCN5CCOCC5)c(SC(F)(F)F)c4)c(Oc4cnc5[nH]ccc5c4)c3)CC2)C1. The maximum Gasteiger partial charge on any atom is 0.446 e. The predicted molar refractivity (Wildman–Crippen MR) is 254 cm³/mol. The number of pyridine rings is 1. The smallest absolute Gasteiger partial charge is 0.446 e. The molecule has 0 saturated carbocycles. The van der Waals surface area contributed by atoms with Crippen LogP contribution in [0.15, 0.2) is 101 Å². The molecule has 4 heterocycles. The molecule has 2 saturated heterocycles. The first-order valence-electron chi connectivity index (χ1n) is 22.0. The van der Waals surface area contributed by atoms with E-state index in [0.717, 1.165) is 75.7 Å². The summed E-state index contributed by atoms with van der Waals surface area (Å²) >= 11 is 5.81. The van der Waals surface area contributed by atoms with Crippen LogP contribution in [0.2, 0.25) is 5.02 Å². The number of piperazine rings is 1. The molecule has 2 aliphatic heterocycles. The molecule has 2 aromatic heterocycles. The van der Waals surface area contributed by atoms with E-state index in [9.17, 15) is 26.4 Å². The van der Waals surface area contributed by atoms with Crippen LogP contribution in [0, 0.1) is 5.41 Å². The van der Waals surface area contributed by atoms with Gasteiger partial charge in [-0.1, -0.05) is 36.2 Å². The molecule has 66 heavy (non-hydrogen) atoms. The number of rotatable bonds is 16. The fraction of sp³-hybridized carbons (Fsp3) is 0.404. The number of alkyl halides is 3. The van der Waals surface area contributed by atoms with Gasteiger partial charge >= 0.3 is 5.51 Å². The van der Waals surface area contributed by atoms with E-state index in [0.29, 0.717) is 62.2 Å². The van der Waals surface area contributed by atoms with E-state index in [-0.39, 0.29) is 27.3 Å². The number of carbonyl (C=O) groups is 1. The van der Waals surface area contributed by atoms with E-state index in [1.807, 2.05) is 18.2 Å². The minimum atomic E-state index is -4.70. The number of hydrogen-bond donors (Lipinski definition) is 4. The van der Waals surface area contributed by atoms with Crippen LogP contribution in [0.3, 0.4) is 0 Å². The number of nitrogens with one attached hydrogen (secondary N) is 3. The maximum atomic E-state index is 14.0. The predicted octanol–water partition coefficient (Wildman–Crippen LogP) is 8.60. The molecule has 1 aliphatic carbocycles. The van der Waals surface area contributed by atoms with Crippen LogP contribution in [-0.4, -0.2) is 118 Å². The van der Waals surface area contributed by atoms with Crippen molar-refractivity contribution >= 4 is 67.3 Å². The summed E-state index contributed by atoms with van der Waals surface area (Å²) in [6, 6.07) is 19.9. The number of hydrogen-bond acceptors (Lipinski definition) is 12. The average molecular weight is 968 g/mol. The lowest BCUT2D eigenvalue weighted by molar-refractivity contribution is -0.0328. The first-order valence-corrected chi connectivity index (χ1v) is 24.7. The highest BCUT2D eigenvalue weighted by Gasteiger charge is 2.34. The van der Waals surface area contributed by atoms with Gasteiger partial charge < -0.3 is 30.4 Å². The van der Waals surface area contributed by atoms with Crippen LogP contribution >= 0.6 is 23.4 Å². The number of thioether (sulfide) groups is 1. The zero-order valence-corrected chi connectivity index (χ0v) is 39.0. The van der Waals surface area contributed by atoms with E-state index in [1.54, 1.807) is 24.4 Å². The third kappa shape index (κ3) is 12.0. The molecule has 3 aromatic carbocycles. The summed E-state index contributed by atoms with van der Waals surface area (Å²) in [5, 5.41) is 4.49. The topological polar surface area (TPSA) is 158 Å². The molecule has 0 radical (unpaired) electrons. The van der Waals surface area contributed by atoms with Gasteiger partial charge in [0.1, 0.15) is 17.1 Å². The lowest BCUT2D eigenvalue weighted by atomic mass is 9.71. The first kappa shape index (κ1) is 47.7. The van der Waals surface area contributed by atoms with E-state index >= 15 is 0 Å². The minimum Gasteiger partial charge on any atom is -0.455 e. The van der Waals surface area contributed by atoms with Crippen molar-refractivity contribution in [1.29, 1.82) is 0 Å². The van der Waals surface area contributed by atoms with Crippen LogP contribution in [0.25, 0.3) is 16.6 Å². The molecule has 0 spiro atoms. The molecule has 0 bridgehead atoms. The summed E-state index contributed by atoms with van der Waals surface area (Å²) in [7, 11) is -4.67. The van der Waals surface area contributed by atoms with Crippen LogP contribution in [0.4, 0.5) is 24.5 Å². The zero-order valence-electron chi connectivity index (χ0n) is 36.6. The van der Waals surface area contributed by atoms with Gasteiger partial charge in [0.15, 0.2) is 0 Å². The highest BCUT2D eigenvalue weighted by atomic mass is 35.5. The number of fused-ring (bicyclic) bond motifs is 1. The number of carbonyl (C=O) groups excluding carboxylic acids is 1. The number of nitrogens with two attached hydrogens (primary N) is 1. The Labute approximate surface area is 392 Å². The molecule has 1 amide bonds. The maximum absolute atomic E-state index is 14.0. The number of allylic oxidation sites excluding steroid dienone is 1. The van der Waals surface area contributed by atoms with Crippen molar-refractivity contribution in [1.82, 2.24) is 24.5 Å². The Morgan fingerprint density at radius 2 is 1.77 bits per heavy atom. The molecule has 2 fully saturated rings. The van der Waals surface area contributed by atoms with Gasteiger partial charge in [-0.05, 0) is 122 Å². The summed E-state index contributed by atoms with van der Waals surface area (Å²) in [5.41, 5.74) is 6.96.